The molecule has 0 amide bonds. The lowest BCUT2D eigenvalue weighted by molar-refractivity contribution is 0.546. The average molecular weight is 388 g/mol. The molecule has 0 unspecified atom stereocenters. The predicted octanol–water partition coefficient (Wildman–Crippen LogP) is 6.91. The molecule has 0 aliphatic heterocycles. The maximum Gasteiger partial charge on any atom is 0.144 e. The normalized spacial score (nSPS) is 12.9. The fraction of sp³-hybridized carbons (Fsp3) is 0.0741. The van der Waals surface area contributed by atoms with Gasteiger partial charge in [-0.25, -0.2) is 4.98 Å². The Morgan fingerprint density at radius 1 is 0.833 bits per heavy atom. The van der Waals surface area contributed by atoms with E-state index in [9.17, 15) is 0 Å². The molecule has 6 rings (SSSR count). The Bertz CT molecular complexity index is 1390. The zero-order valence-corrected chi connectivity index (χ0v) is 16.5. The van der Waals surface area contributed by atoms with Crippen LogP contribution in [0.15, 0.2) is 95.7 Å². The lowest BCUT2D eigenvalue weighted by Crippen LogP contribution is -1.96. The van der Waals surface area contributed by atoms with Crippen molar-refractivity contribution in [3.63, 3.8) is 0 Å². The zero-order chi connectivity index (χ0) is 19.9. The van der Waals surface area contributed by atoms with Crippen LogP contribution in [0.2, 0.25) is 0 Å². The molecule has 5 aromatic rings. The summed E-state index contributed by atoms with van der Waals surface area (Å²) in [6.45, 7) is 0. The molecule has 3 heteroatoms. The van der Waals surface area contributed by atoms with Gasteiger partial charge in [-0.3, -0.25) is 4.57 Å². The monoisotopic (exact) mass is 388 g/mol. The fourth-order valence-electron chi connectivity index (χ4n) is 4.28. The minimum absolute atomic E-state index is 0.939. The van der Waals surface area contributed by atoms with E-state index in [2.05, 4.69) is 76.3 Å². The number of furan rings is 1. The Labute approximate surface area is 174 Å². The van der Waals surface area contributed by atoms with Crippen molar-refractivity contribution in [1.82, 2.24) is 9.55 Å². The Kier molecular flexibility index (Phi) is 3.91. The van der Waals surface area contributed by atoms with Crippen LogP contribution in [-0.4, -0.2) is 9.55 Å². The molecule has 1 aliphatic carbocycles. The Hall–Kier alpha value is -3.85. The van der Waals surface area contributed by atoms with Crippen LogP contribution in [0.4, 0.5) is 0 Å². The summed E-state index contributed by atoms with van der Waals surface area (Å²) >= 11 is 0. The molecule has 0 atom stereocenters. The quantitative estimate of drug-likeness (QED) is 0.336. The zero-order valence-electron chi connectivity index (χ0n) is 16.5. The van der Waals surface area contributed by atoms with Gasteiger partial charge in [0.1, 0.15) is 17.2 Å². The lowest BCUT2D eigenvalue weighted by atomic mass is 10.00. The Morgan fingerprint density at radius 2 is 1.70 bits per heavy atom. The number of hydrogen-bond acceptors (Lipinski definition) is 2. The van der Waals surface area contributed by atoms with Crippen molar-refractivity contribution >= 4 is 17.0 Å². The van der Waals surface area contributed by atoms with Gasteiger partial charge in [-0.15, -0.1) is 0 Å². The molecule has 0 saturated heterocycles. The lowest BCUT2D eigenvalue weighted by Gasteiger charge is -2.10. The third kappa shape index (κ3) is 2.79. The standard InChI is InChI=1S/C27H20N2O/c1-2-7-19(8-3-1)27-28-15-16-29(27)22-10-6-9-20(17-22)21-13-14-24-23-11-4-5-12-25(23)30-26(24)18-21/h1-4,6-11,13-18H,5,12H2. The number of rotatable bonds is 3. The number of fused-ring (bicyclic) bond motifs is 3. The second-order valence-corrected chi connectivity index (χ2v) is 7.63. The molecule has 3 nitrogen and oxygen atoms in total. The summed E-state index contributed by atoms with van der Waals surface area (Å²) in [4.78, 5) is 4.58. The van der Waals surface area contributed by atoms with Crippen molar-refractivity contribution in [2.24, 2.45) is 0 Å². The summed E-state index contributed by atoms with van der Waals surface area (Å²) in [6.07, 6.45) is 10.3. The van der Waals surface area contributed by atoms with Crippen LogP contribution >= 0.6 is 0 Å². The molecule has 3 aromatic carbocycles. The van der Waals surface area contributed by atoms with Crippen LogP contribution in [0.5, 0.6) is 0 Å². The third-order valence-corrected chi connectivity index (χ3v) is 5.76. The van der Waals surface area contributed by atoms with E-state index in [1.807, 2.05) is 30.6 Å². The number of allylic oxidation sites excluding steroid dienone is 1. The smallest absolute Gasteiger partial charge is 0.144 e. The summed E-state index contributed by atoms with van der Waals surface area (Å²) in [5.41, 5.74) is 6.70. The molecule has 0 bridgehead atoms. The van der Waals surface area contributed by atoms with Gasteiger partial charge in [-0.05, 0) is 41.8 Å². The number of benzene rings is 3. The summed E-state index contributed by atoms with van der Waals surface area (Å²) in [7, 11) is 0. The maximum absolute atomic E-state index is 6.17. The van der Waals surface area contributed by atoms with Gasteiger partial charge in [0.2, 0.25) is 0 Å². The van der Waals surface area contributed by atoms with Gasteiger partial charge in [0.05, 0.1) is 0 Å². The van der Waals surface area contributed by atoms with E-state index in [-0.39, 0.29) is 0 Å². The summed E-state index contributed by atoms with van der Waals surface area (Å²) < 4.78 is 8.30. The molecule has 0 fully saturated rings. The van der Waals surface area contributed by atoms with Gasteiger partial charge in [-0.2, -0.15) is 0 Å². The van der Waals surface area contributed by atoms with E-state index >= 15 is 0 Å². The highest BCUT2D eigenvalue weighted by atomic mass is 16.3. The molecular formula is C27H20N2O. The van der Waals surface area contributed by atoms with E-state index < -0.39 is 0 Å². The largest absolute Gasteiger partial charge is 0.460 e. The van der Waals surface area contributed by atoms with Crippen molar-refractivity contribution in [3.8, 4) is 28.2 Å². The molecule has 0 spiro atoms. The van der Waals surface area contributed by atoms with Crippen LogP contribution in [0.1, 0.15) is 17.7 Å². The topological polar surface area (TPSA) is 31.0 Å². The first-order valence-corrected chi connectivity index (χ1v) is 10.3. The summed E-state index contributed by atoms with van der Waals surface area (Å²) in [5, 5.41) is 1.20. The second kappa shape index (κ2) is 6.89. The predicted molar refractivity (Wildman–Crippen MR) is 122 cm³/mol. The van der Waals surface area contributed by atoms with Crippen LogP contribution in [-0.2, 0) is 6.42 Å². The minimum Gasteiger partial charge on any atom is -0.460 e. The van der Waals surface area contributed by atoms with Gasteiger partial charge in [0, 0.05) is 41.0 Å². The number of nitrogens with zero attached hydrogens (tertiary/aromatic N) is 2. The molecule has 1 aliphatic rings. The van der Waals surface area contributed by atoms with Crippen molar-refractivity contribution in [3.05, 3.63) is 103 Å². The van der Waals surface area contributed by atoms with Crippen molar-refractivity contribution in [2.75, 3.05) is 0 Å². The van der Waals surface area contributed by atoms with E-state index in [1.54, 1.807) is 0 Å². The minimum atomic E-state index is 0.939. The summed E-state index contributed by atoms with van der Waals surface area (Å²) in [5.74, 6) is 2.04. The van der Waals surface area contributed by atoms with E-state index in [4.69, 9.17) is 4.42 Å². The van der Waals surface area contributed by atoms with Crippen LogP contribution in [0.3, 0.4) is 0 Å². The molecule has 0 saturated carbocycles. The van der Waals surface area contributed by atoms with Gasteiger partial charge < -0.3 is 4.42 Å². The SMILES string of the molecule is C1=Cc2c(oc3cc(-c4cccc(-n5ccnc5-c5ccccc5)c4)ccc23)CC1. The van der Waals surface area contributed by atoms with Gasteiger partial charge in [0.25, 0.3) is 0 Å². The average Bonchev–Trinajstić information content (AvgIpc) is 3.44. The summed E-state index contributed by atoms with van der Waals surface area (Å²) in [6, 6.07) is 25.4. The van der Waals surface area contributed by atoms with Crippen LogP contribution in [0, 0.1) is 0 Å². The molecule has 144 valence electrons. The van der Waals surface area contributed by atoms with Gasteiger partial charge >= 0.3 is 0 Å². The van der Waals surface area contributed by atoms with Crippen molar-refractivity contribution < 1.29 is 4.42 Å². The maximum atomic E-state index is 6.17. The van der Waals surface area contributed by atoms with E-state index in [1.165, 1.54) is 10.9 Å². The van der Waals surface area contributed by atoms with Gasteiger partial charge in [0.15, 0.2) is 0 Å². The highest BCUT2D eigenvalue weighted by Gasteiger charge is 2.15. The first-order valence-electron chi connectivity index (χ1n) is 10.3. The molecule has 0 N–H and O–H groups in total. The first-order chi connectivity index (χ1) is 14.9. The second-order valence-electron chi connectivity index (χ2n) is 7.63. The van der Waals surface area contributed by atoms with E-state index in [0.717, 1.165) is 52.4 Å². The number of aromatic nitrogens is 2. The third-order valence-electron chi connectivity index (χ3n) is 5.76. The van der Waals surface area contributed by atoms with Gasteiger partial charge in [-0.1, -0.05) is 60.7 Å². The van der Waals surface area contributed by atoms with E-state index in [0.29, 0.717) is 0 Å². The molecular weight excluding hydrogens is 368 g/mol. The number of imidazole rings is 1. The highest BCUT2D eigenvalue weighted by Crippen LogP contribution is 2.34. The first kappa shape index (κ1) is 17.0. The van der Waals surface area contributed by atoms with Crippen LogP contribution in [0.25, 0.3) is 45.2 Å². The number of hydrogen-bond donors (Lipinski definition) is 0. The van der Waals surface area contributed by atoms with Crippen molar-refractivity contribution in [1.29, 1.82) is 0 Å². The fourth-order valence-corrected chi connectivity index (χ4v) is 4.28. The van der Waals surface area contributed by atoms with Crippen molar-refractivity contribution in [2.45, 2.75) is 12.8 Å². The molecule has 2 heterocycles. The Morgan fingerprint density at radius 3 is 2.63 bits per heavy atom. The highest BCUT2D eigenvalue weighted by molar-refractivity contribution is 5.92. The number of aryl methyl sites for hydroxylation is 1. The van der Waals surface area contributed by atoms with Crippen LogP contribution < -0.4 is 0 Å². The molecule has 0 radical (unpaired) electrons. The Balaban J connectivity index is 1.43. The molecule has 30 heavy (non-hydrogen) atoms. The molecule has 2 aromatic heterocycles.